The van der Waals surface area contributed by atoms with E-state index in [1.54, 1.807) is 0 Å². The van der Waals surface area contributed by atoms with Crippen LogP contribution >= 0.6 is 15.4 Å². The Kier molecular flexibility index (Phi) is 5.14. The lowest BCUT2D eigenvalue weighted by Crippen LogP contribution is -2.11. The Hall–Kier alpha value is -0.470. The highest BCUT2D eigenvalue weighted by atomic mass is 32.2. The molecule has 0 aliphatic heterocycles. The predicted molar refractivity (Wildman–Crippen MR) is 63.4 cm³/mol. The summed E-state index contributed by atoms with van der Waals surface area (Å²) in [5.41, 5.74) is 0. The van der Waals surface area contributed by atoms with Gasteiger partial charge in [0.1, 0.15) is 0 Å². The first kappa shape index (κ1) is 16.6. The molecule has 2 N–H and O–H groups in total. The Labute approximate surface area is 109 Å². The number of phosphoric ester groups is 1. The molecule has 0 radical (unpaired) electrons. The molecule has 0 aromatic carbocycles. The maximum Gasteiger partial charge on any atom is 0.479 e. The Morgan fingerprint density at radius 2 is 2.00 bits per heavy atom. The van der Waals surface area contributed by atoms with Crippen LogP contribution in [-0.4, -0.2) is 37.2 Å². The Balaban J connectivity index is 2.56. The molecular weight excluding hydrogens is 322 g/mol. The zero-order chi connectivity index (χ0) is 14.7. The first-order valence-corrected chi connectivity index (χ1v) is 9.94. The van der Waals surface area contributed by atoms with E-state index >= 15 is 0 Å². The van der Waals surface area contributed by atoms with E-state index in [0.717, 1.165) is 6.26 Å². The van der Waals surface area contributed by atoms with Crippen LogP contribution in [0.5, 0.6) is 0 Å². The van der Waals surface area contributed by atoms with Gasteiger partial charge in [-0.05, 0) is 12.1 Å². The SMILES string of the molecule is CP(=O)(O)OP(=O)(O)OCCS(=O)(=O)c1ccco1. The molecule has 1 rings (SSSR count). The van der Waals surface area contributed by atoms with E-state index in [9.17, 15) is 17.5 Å². The fraction of sp³-hybridized carbons (Fsp3) is 0.429. The smallest absolute Gasteiger partial charge is 0.453 e. The molecule has 2 atom stereocenters. The van der Waals surface area contributed by atoms with Gasteiger partial charge in [-0.1, -0.05) is 0 Å². The van der Waals surface area contributed by atoms with Crippen LogP contribution in [0.4, 0.5) is 0 Å². The second-order valence-electron chi connectivity index (χ2n) is 3.44. The number of phosphoric acid groups is 1. The summed E-state index contributed by atoms with van der Waals surface area (Å²) in [5.74, 6) is -0.645. The van der Waals surface area contributed by atoms with Crippen LogP contribution in [0.1, 0.15) is 0 Å². The Morgan fingerprint density at radius 1 is 1.37 bits per heavy atom. The summed E-state index contributed by atoms with van der Waals surface area (Å²) in [4.78, 5) is 17.8. The average Bonchev–Trinajstić information content (AvgIpc) is 2.64. The summed E-state index contributed by atoms with van der Waals surface area (Å²) < 4.78 is 57.9. The van der Waals surface area contributed by atoms with Crippen LogP contribution in [0.3, 0.4) is 0 Å². The van der Waals surface area contributed by atoms with E-state index in [-0.39, 0.29) is 5.09 Å². The zero-order valence-electron chi connectivity index (χ0n) is 9.70. The number of hydrogen-bond acceptors (Lipinski definition) is 7. The Bertz CT molecular complexity index is 599. The van der Waals surface area contributed by atoms with Gasteiger partial charge >= 0.3 is 15.4 Å². The van der Waals surface area contributed by atoms with Crippen molar-refractivity contribution in [2.24, 2.45) is 0 Å². The highest BCUT2D eigenvalue weighted by molar-refractivity contribution is 7.91. The van der Waals surface area contributed by atoms with Crippen LogP contribution in [0.2, 0.25) is 0 Å². The van der Waals surface area contributed by atoms with Gasteiger partial charge in [-0.2, -0.15) is 0 Å². The van der Waals surface area contributed by atoms with Gasteiger partial charge in [0, 0.05) is 6.66 Å². The molecule has 0 amide bonds. The van der Waals surface area contributed by atoms with Gasteiger partial charge in [0.15, 0.2) is 0 Å². The van der Waals surface area contributed by atoms with Gasteiger partial charge < -0.3 is 14.2 Å². The molecule has 0 fully saturated rings. The van der Waals surface area contributed by atoms with Gasteiger partial charge in [-0.3, -0.25) is 9.09 Å². The first-order chi connectivity index (χ1) is 8.52. The minimum absolute atomic E-state index is 0.312. The maximum absolute atomic E-state index is 11.6. The highest BCUT2D eigenvalue weighted by Crippen LogP contribution is 2.57. The molecule has 110 valence electrons. The van der Waals surface area contributed by atoms with Gasteiger partial charge in [0.05, 0.1) is 18.6 Å². The zero-order valence-corrected chi connectivity index (χ0v) is 12.3. The van der Waals surface area contributed by atoms with E-state index in [2.05, 4.69) is 13.3 Å². The van der Waals surface area contributed by atoms with Crippen molar-refractivity contribution in [1.29, 1.82) is 0 Å². The molecule has 9 nitrogen and oxygen atoms in total. The molecule has 1 heterocycles. The third-order valence-electron chi connectivity index (χ3n) is 1.66. The second-order valence-corrected chi connectivity index (χ2v) is 8.93. The molecule has 0 spiro atoms. The van der Waals surface area contributed by atoms with Crippen molar-refractivity contribution in [2.75, 3.05) is 19.0 Å². The summed E-state index contributed by atoms with van der Waals surface area (Å²) >= 11 is 0. The normalized spacial score (nSPS) is 18.7. The lowest BCUT2D eigenvalue weighted by Gasteiger charge is -2.13. The number of rotatable bonds is 7. The minimum atomic E-state index is -4.79. The van der Waals surface area contributed by atoms with E-state index in [4.69, 9.17) is 9.79 Å². The van der Waals surface area contributed by atoms with Crippen LogP contribution in [0.25, 0.3) is 0 Å². The summed E-state index contributed by atoms with van der Waals surface area (Å²) in [6.07, 6.45) is 1.16. The van der Waals surface area contributed by atoms with Crippen LogP contribution < -0.4 is 0 Å². The average molecular weight is 334 g/mol. The van der Waals surface area contributed by atoms with E-state index in [0.29, 0.717) is 6.66 Å². The summed E-state index contributed by atoms with van der Waals surface area (Å²) in [6.45, 7) is -0.00433. The quantitative estimate of drug-likeness (QED) is 0.698. The van der Waals surface area contributed by atoms with Gasteiger partial charge in [0.25, 0.3) is 0 Å². The summed E-state index contributed by atoms with van der Waals surface area (Å²) in [7, 11) is -12.8. The molecule has 0 aliphatic carbocycles. The van der Waals surface area contributed by atoms with Crippen LogP contribution in [-0.2, 0) is 27.8 Å². The predicted octanol–water partition coefficient (Wildman–Crippen LogP) is 1.00. The van der Waals surface area contributed by atoms with Crippen LogP contribution in [0.15, 0.2) is 27.9 Å². The first-order valence-electron chi connectivity index (χ1n) is 4.77. The van der Waals surface area contributed by atoms with Gasteiger partial charge in [-0.15, -0.1) is 0 Å². The van der Waals surface area contributed by atoms with E-state index < -0.39 is 37.6 Å². The van der Waals surface area contributed by atoms with Crippen molar-refractivity contribution >= 4 is 25.3 Å². The van der Waals surface area contributed by atoms with Gasteiger partial charge in [-0.25, -0.2) is 17.3 Å². The lowest BCUT2D eigenvalue weighted by atomic mass is 10.7. The topological polar surface area (TPSA) is 140 Å². The molecular formula is C7H12O9P2S. The second kappa shape index (κ2) is 5.88. The molecule has 1 aromatic heterocycles. The third-order valence-corrected chi connectivity index (χ3v) is 5.76. The van der Waals surface area contributed by atoms with E-state index in [1.807, 2.05) is 0 Å². The van der Waals surface area contributed by atoms with Crippen molar-refractivity contribution < 1.29 is 40.6 Å². The number of hydrogen-bond donors (Lipinski definition) is 2. The molecule has 0 saturated carbocycles. The molecule has 0 aliphatic rings. The number of furan rings is 1. The molecule has 19 heavy (non-hydrogen) atoms. The lowest BCUT2D eigenvalue weighted by molar-refractivity contribution is 0.206. The van der Waals surface area contributed by atoms with Gasteiger partial charge in [0.2, 0.25) is 14.9 Å². The maximum atomic E-state index is 11.6. The third kappa shape index (κ3) is 6.01. The Morgan fingerprint density at radius 3 is 2.47 bits per heavy atom. The number of sulfone groups is 1. The van der Waals surface area contributed by atoms with Crippen molar-refractivity contribution in [1.82, 2.24) is 0 Å². The standard InChI is InChI=1S/C7H12O9P2S/c1-17(8,9)16-18(10,11)15-5-6-19(12,13)7-3-2-4-14-7/h2-4H,5-6H2,1H3,(H,8,9)(H,10,11). The van der Waals surface area contributed by atoms with Crippen LogP contribution in [0, 0.1) is 0 Å². The fourth-order valence-electron chi connectivity index (χ4n) is 1.02. The monoisotopic (exact) mass is 334 g/mol. The molecule has 12 heteroatoms. The van der Waals surface area contributed by atoms with Crippen molar-refractivity contribution in [2.45, 2.75) is 5.09 Å². The highest BCUT2D eigenvalue weighted by Gasteiger charge is 2.30. The fourth-order valence-corrected chi connectivity index (χ4v) is 4.18. The van der Waals surface area contributed by atoms with Crippen molar-refractivity contribution in [3.05, 3.63) is 18.4 Å². The molecule has 0 saturated heterocycles. The van der Waals surface area contributed by atoms with E-state index in [1.165, 1.54) is 12.1 Å². The largest absolute Gasteiger partial charge is 0.479 e. The summed E-state index contributed by atoms with van der Waals surface area (Å²) in [6, 6.07) is 2.57. The molecule has 1 aromatic rings. The van der Waals surface area contributed by atoms with Crippen molar-refractivity contribution in [3.63, 3.8) is 0 Å². The minimum Gasteiger partial charge on any atom is -0.453 e. The van der Waals surface area contributed by atoms with Crippen molar-refractivity contribution in [3.8, 4) is 0 Å². The molecule has 2 unspecified atom stereocenters. The summed E-state index contributed by atoms with van der Waals surface area (Å²) in [5, 5.41) is -0.312. The molecule has 0 bridgehead atoms.